The summed E-state index contributed by atoms with van der Waals surface area (Å²) in [4.78, 5) is 2.19. The van der Waals surface area contributed by atoms with Crippen molar-refractivity contribution in [3.05, 3.63) is 95.6 Å². The van der Waals surface area contributed by atoms with Gasteiger partial charge in [0.25, 0.3) is 0 Å². The molecule has 1 heterocycles. The minimum atomic E-state index is -0.566. The van der Waals surface area contributed by atoms with Gasteiger partial charge >= 0.3 is 0 Å². The van der Waals surface area contributed by atoms with Gasteiger partial charge in [0.2, 0.25) is 0 Å². The van der Waals surface area contributed by atoms with Gasteiger partial charge in [0.15, 0.2) is 0 Å². The van der Waals surface area contributed by atoms with Gasteiger partial charge in [-0.15, -0.1) is 0 Å². The largest absolute Gasteiger partial charge is 0.389 e. The van der Waals surface area contributed by atoms with Gasteiger partial charge in [0, 0.05) is 44.2 Å². The average Bonchev–Trinajstić information content (AvgIpc) is 3.11. The van der Waals surface area contributed by atoms with Gasteiger partial charge in [-0.3, -0.25) is 4.90 Å². The summed E-state index contributed by atoms with van der Waals surface area (Å²) in [6.07, 6.45) is 1.40. The van der Waals surface area contributed by atoms with Crippen molar-refractivity contribution in [2.45, 2.75) is 25.7 Å². The fraction of sp³-hybridized carbons (Fsp3) is 0.304. The highest BCUT2D eigenvalue weighted by Gasteiger charge is 2.15. The number of nitrogens with zero attached hydrogens (tertiary/aromatic N) is 2. The van der Waals surface area contributed by atoms with E-state index in [0.717, 1.165) is 5.69 Å². The molecule has 3 aromatic rings. The van der Waals surface area contributed by atoms with Crippen LogP contribution >= 0.6 is 0 Å². The molecular weight excluding hydrogens is 355 g/mol. The van der Waals surface area contributed by atoms with Crippen molar-refractivity contribution in [2.24, 2.45) is 0 Å². The third kappa shape index (κ3) is 5.76. The van der Waals surface area contributed by atoms with Gasteiger partial charge in [-0.05, 0) is 23.8 Å². The molecular formula is C23H27FN2O2. The molecule has 0 aliphatic carbocycles. The molecule has 1 N–H and O–H groups in total. The third-order valence-electron chi connectivity index (χ3n) is 4.68. The second-order valence-electron chi connectivity index (χ2n) is 6.98. The highest BCUT2D eigenvalue weighted by molar-refractivity contribution is 5.20. The molecule has 0 aliphatic heterocycles. The fourth-order valence-corrected chi connectivity index (χ4v) is 3.36. The summed E-state index contributed by atoms with van der Waals surface area (Å²) in [7, 11) is 1.59. The van der Waals surface area contributed by atoms with Crippen LogP contribution in [0.1, 0.15) is 16.8 Å². The molecule has 3 rings (SSSR count). The quantitative estimate of drug-likeness (QED) is 0.581. The molecule has 0 bridgehead atoms. The number of aromatic nitrogens is 1. The summed E-state index contributed by atoms with van der Waals surface area (Å²) < 4.78 is 21.2. The van der Waals surface area contributed by atoms with E-state index in [0.29, 0.717) is 38.3 Å². The predicted molar refractivity (Wildman–Crippen MR) is 108 cm³/mol. The summed E-state index contributed by atoms with van der Waals surface area (Å²) >= 11 is 0. The van der Waals surface area contributed by atoms with Crippen molar-refractivity contribution in [2.75, 3.05) is 20.3 Å². The normalized spacial score (nSPS) is 12.4. The number of aliphatic hydroxyl groups is 1. The van der Waals surface area contributed by atoms with Crippen LogP contribution in [-0.2, 0) is 24.4 Å². The topological polar surface area (TPSA) is 37.6 Å². The second kappa shape index (κ2) is 10.2. The zero-order valence-electron chi connectivity index (χ0n) is 16.2. The van der Waals surface area contributed by atoms with Crippen molar-refractivity contribution in [1.29, 1.82) is 0 Å². The van der Waals surface area contributed by atoms with Crippen molar-refractivity contribution in [3.63, 3.8) is 0 Å². The maximum Gasteiger partial charge on any atom is 0.128 e. The van der Waals surface area contributed by atoms with E-state index in [1.807, 2.05) is 48.7 Å². The first-order valence-corrected chi connectivity index (χ1v) is 9.46. The zero-order valence-corrected chi connectivity index (χ0v) is 16.2. The Morgan fingerprint density at radius 2 is 1.75 bits per heavy atom. The molecule has 1 atom stereocenters. The van der Waals surface area contributed by atoms with Crippen LogP contribution < -0.4 is 0 Å². The predicted octanol–water partition coefficient (Wildman–Crippen LogP) is 3.69. The lowest BCUT2D eigenvalue weighted by atomic mass is 10.2. The van der Waals surface area contributed by atoms with Crippen molar-refractivity contribution >= 4 is 0 Å². The molecule has 1 aromatic heterocycles. The summed E-state index contributed by atoms with van der Waals surface area (Å²) in [5, 5.41) is 10.2. The average molecular weight is 382 g/mol. The Hall–Kier alpha value is -2.47. The van der Waals surface area contributed by atoms with Crippen LogP contribution in [-0.4, -0.2) is 40.9 Å². The van der Waals surface area contributed by atoms with Gasteiger partial charge in [0.05, 0.1) is 19.3 Å². The molecule has 0 spiro atoms. The Bertz CT molecular complexity index is 851. The number of hydrogen-bond acceptors (Lipinski definition) is 3. The standard InChI is InChI=1S/C23H27FN2O2/c1-28-18-22(27)17-25(14-19-8-3-2-4-9-19)16-21-11-7-13-26(21)15-20-10-5-6-12-23(20)24/h2-13,22,27H,14-18H2,1H3/t22-/m1/s1. The minimum Gasteiger partial charge on any atom is -0.389 e. The smallest absolute Gasteiger partial charge is 0.128 e. The molecule has 0 amide bonds. The molecule has 0 fully saturated rings. The van der Waals surface area contributed by atoms with Gasteiger partial charge in [-0.25, -0.2) is 4.39 Å². The molecule has 0 unspecified atom stereocenters. The van der Waals surface area contributed by atoms with Gasteiger partial charge in [-0.2, -0.15) is 0 Å². The number of halogens is 1. The number of rotatable bonds is 10. The van der Waals surface area contributed by atoms with Gasteiger partial charge < -0.3 is 14.4 Å². The van der Waals surface area contributed by atoms with E-state index in [1.165, 1.54) is 11.6 Å². The second-order valence-corrected chi connectivity index (χ2v) is 6.98. The van der Waals surface area contributed by atoms with Crippen molar-refractivity contribution in [1.82, 2.24) is 9.47 Å². The summed E-state index contributed by atoms with van der Waals surface area (Å²) in [5.74, 6) is -0.196. The monoisotopic (exact) mass is 382 g/mol. The molecule has 0 aliphatic rings. The van der Waals surface area contributed by atoms with E-state index in [1.54, 1.807) is 13.2 Å². The first-order chi connectivity index (χ1) is 13.7. The zero-order chi connectivity index (χ0) is 19.8. The Kier molecular flexibility index (Phi) is 7.37. The lowest BCUT2D eigenvalue weighted by molar-refractivity contribution is 0.0333. The summed E-state index contributed by atoms with van der Waals surface area (Å²) in [6, 6.07) is 21.0. The van der Waals surface area contributed by atoms with E-state index in [-0.39, 0.29) is 5.82 Å². The maximum atomic E-state index is 14.0. The van der Waals surface area contributed by atoms with Crippen LogP contribution in [0.4, 0.5) is 4.39 Å². The Labute approximate surface area is 165 Å². The molecule has 4 nitrogen and oxygen atoms in total. The number of benzene rings is 2. The van der Waals surface area contributed by atoms with Crippen LogP contribution in [0.15, 0.2) is 72.9 Å². The third-order valence-corrected chi connectivity index (χ3v) is 4.68. The van der Waals surface area contributed by atoms with Crippen LogP contribution in [0.25, 0.3) is 0 Å². The maximum absolute atomic E-state index is 14.0. The first kappa shape index (κ1) is 20.3. The molecule has 0 radical (unpaired) electrons. The van der Waals surface area contributed by atoms with Crippen molar-refractivity contribution < 1.29 is 14.2 Å². The SMILES string of the molecule is COC[C@H](O)CN(Cc1ccccc1)Cc1cccn1Cc1ccccc1F. The minimum absolute atomic E-state index is 0.196. The number of hydrogen-bond donors (Lipinski definition) is 1. The number of aliphatic hydroxyl groups excluding tert-OH is 1. The Morgan fingerprint density at radius 3 is 2.50 bits per heavy atom. The van der Waals surface area contributed by atoms with Crippen molar-refractivity contribution in [3.8, 4) is 0 Å². The van der Waals surface area contributed by atoms with E-state index in [4.69, 9.17) is 4.74 Å². The van der Waals surface area contributed by atoms with Gasteiger partial charge in [-0.1, -0.05) is 48.5 Å². The first-order valence-electron chi connectivity index (χ1n) is 9.46. The highest BCUT2D eigenvalue weighted by atomic mass is 19.1. The van der Waals surface area contributed by atoms with E-state index in [9.17, 15) is 9.50 Å². The molecule has 0 saturated carbocycles. The number of methoxy groups -OCH3 is 1. The highest BCUT2D eigenvalue weighted by Crippen LogP contribution is 2.15. The molecule has 5 heteroatoms. The van der Waals surface area contributed by atoms with E-state index in [2.05, 4.69) is 21.6 Å². The van der Waals surface area contributed by atoms with Gasteiger partial charge in [0.1, 0.15) is 5.82 Å². The Morgan fingerprint density at radius 1 is 1.00 bits per heavy atom. The number of ether oxygens (including phenoxy) is 1. The Balaban J connectivity index is 1.75. The van der Waals surface area contributed by atoms with Crippen LogP contribution in [0.3, 0.4) is 0 Å². The van der Waals surface area contributed by atoms with Crippen LogP contribution in [0, 0.1) is 5.82 Å². The van der Waals surface area contributed by atoms with E-state index < -0.39 is 6.10 Å². The van der Waals surface area contributed by atoms with Crippen LogP contribution in [0.2, 0.25) is 0 Å². The van der Waals surface area contributed by atoms with E-state index >= 15 is 0 Å². The lowest BCUT2D eigenvalue weighted by Crippen LogP contribution is -2.34. The lowest BCUT2D eigenvalue weighted by Gasteiger charge is -2.26. The molecule has 148 valence electrons. The molecule has 0 saturated heterocycles. The summed E-state index contributed by atoms with van der Waals surface area (Å²) in [6.45, 7) is 2.63. The molecule has 28 heavy (non-hydrogen) atoms. The summed E-state index contributed by atoms with van der Waals surface area (Å²) in [5.41, 5.74) is 2.91. The fourth-order valence-electron chi connectivity index (χ4n) is 3.36. The molecule has 2 aromatic carbocycles. The van der Waals surface area contributed by atoms with Crippen LogP contribution in [0.5, 0.6) is 0 Å².